The number of piperazine rings is 1. The molecule has 18 heavy (non-hydrogen) atoms. The Kier molecular flexibility index (Phi) is 2.98. The van der Waals surface area contributed by atoms with E-state index in [1.165, 1.54) is 18.9 Å². The number of hydrogen-bond acceptors (Lipinski definition) is 2. The third kappa shape index (κ3) is 1.88. The van der Waals surface area contributed by atoms with Crippen LogP contribution in [0.25, 0.3) is 0 Å². The van der Waals surface area contributed by atoms with Crippen molar-refractivity contribution in [1.29, 1.82) is 0 Å². The van der Waals surface area contributed by atoms with E-state index in [-0.39, 0.29) is 6.04 Å². The molecule has 3 rings (SSSR count). The van der Waals surface area contributed by atoms with Crippen molar-refractivity contribution in [3.05, 3.63) is 29.8 Å². The van der Waals surface area contributed by atoms with E-state index in [0.717, 1.165) is 19.6 Å². The minimum atomic E-state index is -0.756. The minimum absolute atomic E-state index is 0.232. The molecule has 2 fully saturated rings. The van der Waals surface area contributed by atoms with E-state index in [2.05, 4.69) is 11.8 Å². The lowest BCUT2D eigenvalue weighted by Crippen LogP contribution is -2.55. The first-order valence-corrected chi connectivity index (χ1v) is 6.61. The number of halogens is 2. The zero-order chi connectivity index (χ0) is 12.7. The number of benzene rings is 1. The number of rotatable bonds is 1. The molecular formula is C14H18F2N2. The van der Waals surface area contributed by atoms with Gasteiger partial charge in [0.25, 0.3) is 0 Å². The topological polar surface area (TPSA) is 6.48 Å². The van der Waals surface area contributed by atoms with Gasteiger partial charge in [0, 0.05) is 25.2 Å². The van der Waals surface area contributed by atoms with Gasteiger partial charge < -0.3 is 4.90 Å². The van der Waals surface area contributed by atoms with E-state index in [0.29, 0.717) is 11.7 Å². The zero-order valence-electron chi connectivity index (χ0n) is 10.6. The summed E-state index contributed by atoms with van der Waals surface area (Å²) < 4.78 is 27.2. The average Bonchev–Trinajstić information content (AvgIpc) is 2.79. The summed E-state index contributed by atoms with van der Waals surface area (Å²) in [5.74, 6) is -1.47. The highest BCUT2D eigenvalue weighted by Crippen LogP contribution is 2.30. The maximum Gasteiger partial charge on any atom is 0.182 e. The second-order valence-electron chi connectivity index (χ2n) is 5.37. The van der Waals surface area contributed by atoms with Gasteiger partial charge in [-0.15, -0.1) is 0 Å². The Morgan fingerprint density at radius 2 is 2.06 bits per heavy atom. The van der Waals surface area contributed by atoms with Crippen molar-refractivity contribution < 1.29 is 8.78 Å². The smallest absolute Gasteiger partial charge is 0.182 e. The Hall–Kier alpha value is -1.16. The fourth-order valence-corrected chi connectivity index (χ4v) is 3.24. The number of fused-ring (bicyclic) bond motifs is 1. The Morgan fingerprint density at radius 3 is 2.89 bits per heavy atom. The van der Waals surface area contributed by atoms with Crippen molar-refractivity contribution in [3.8, 4) is 0 Å². The maximum absolute atomic E-state index is 13.9. The summed E-state index contributed by atoms with van der Waals surface area (Å²) in [6.45, 7) is 4.98. The zero-order valence-corrected chi connectivity index (χ0v) is 10.6. The standard InChI is InChI=1S/C14H18F2N2/c1-10-8-17-7-3-4-11(17)9-18(10)13-6-2-5-12(15)14(13)16/h2,5-6,10-11H,3-4,7-9H2,1H3. The van der Waals surface area contributed by atoms with Gasteiger partial charge in [-0.05, 0) is 38.4 Å². The van der Waals surface area contributed by atoms with Crippen LogP contribution in [0.4, 0.5) is 14.5 Å². The van der Waals surface area contributed by atoms with Crippen molar-refractivity contribution in [2.45, 2.75) is 31.8 Å². The number of nitrogens with zero attached hydrogens (tertiary/aromatic N) is 2. The van der Waals surface area contributed by atoms with Crippen molar-refractivity contribution in [2.24, 2.45) is 0 Å². The lowest BCUT2D eigenvalue weighted by Gasteiger charge is -2.43. The quantitative estimate of drug-likeness (QED) is 0.758. The van der Waals surface area contributed by atoms with Gasteiger partial charge >= 0.3 is 0 Å². The second kappa shape index (κ2) is 4.50. The largest absolute Gasteiger partial charge is 0.364 e. The summed E-state index contributed by atoms with van der Waals surface area (Å²) in [5.41, 5.74) is 0.411. The summed E-state index contributed by atoms with van der Waals surface area (Å²) in [7, 11) is 0. The van der Waals surface area contributed by atoms with Gasteiger partial charge in [-0.3, -0.25) is 4.90 Å². The molecule has 2 aliphatic rings. The fraction of sp³-hybridized carbons (Fsp3) is 0.571. The molecule has 0 amide bonds. The summed E-state index contributed by atoms with van der Waals surface area (Å²) in [5, 5.41) is 0. The minimum Gasteiger partial charge on any atom is -0.364 e. The SMILES string of the molecule is CC1CN2CCCC2CN1c1cccc(F)c1F. The molecule has 0 spiro atoms. The molecule has 2 atom stereocenters. The van der Waals surface area contributed by atoms with E-state index in [9.17, 15) is 8.78 Å². The summed E-state index contributed by atoms with van der Waals surface area (Å²) in [4.78, 5) is 4.49. The molecule has 0 aromatic heterocycles. The van der Waals surface area contributed by atoms with Crippen LogP contribution in [0.15, 0.2) is 18.2 Å². The molecule has 0 N–H and O–H groups in total. The molecule has 0 aliphatic carbocycles. The van der Waals surface area contributed by atoms with E-state index in [4.69, 9.17) is 0 Å². The molecule has 2 unspecified atom stereocenters. The predicted octanol–water partition coefficient (Wildman–Crippen LogP) is 2.64. The molecule has 0 bridgehead atoms. The Morgan fingerprint density at radius 1 is 1.22 bits per heavy atom. The van der Waals surface area contributed by atoms with Gasteiger partial charge in [-0.2, -0.15) is 0 Å². The molecule has 2 heterocycles. The number of anilines is 1. The van der Waals surface area contributed by atoms with Gasteiger partial charge in [0.15, 0.2) is 11.6 Å². The molecule has 1 aromatic rings. The fourth-order valence-electron chi connectivity index (χ4n) is 3.24. The lowest BCUT2D eigenvalue weighted by molar-refractivity contribution is 0.202. The van der Waals surface area contributed by atoms with Crippen LogP contribution in [0.5, 0.6) is 0 Å². The van der Waals surface area contributed by atoms with Crippen LogP contribution in [0.2, 0.25) is 0 Å². The highest BCUT2D eigenvalue weighted by Gasteiger charge is 2.35. The molecule has 0 saturated carbocycles. The predicted molar refractivity (Wildman–Crippen MR) is 67.8 cm³/mol. The van der Waals surface area contributed by atoms with Gasteiger partial charge in [0.05, 0.1) is 5.69 Å². The van der Waals surface area contributed by atoms with Crippen molar-refractivity contribution in [2.75, 3.05) is 24.5 Å². The van der Waals surface area contributed by atoms with Crippen molar-refractivity contribution in [3.63, 3.8) is 0 Å². The first-order chi connectivity index (χ1) is 8.66. The third-order valence-corrected chi connectivity index (χ3v) is 4.18. The number of hydrogen-bond donors (Lipinski definition) is 0. The van der Waals surface area contributed by atoms with E-state index < -0.39 is 11.6 Å². The molecule has 2 saturated heterocycles. The van der Waals surface area contributed by atoms with Gasteiger partial charge in [0.2, 0.25) is 0 Å². The summed E-state index contributed by atoms with van der Waals surface area (Å²) in [6.07, 6.45) is 2.39. The summed E-state index contributed by atoms with van der Waals surface area (Å²) >= 11 is 0. The summed E-state index contributed by atoms with van der Waals surface area (Å²) in [6, 6.07) is 5.18. The normalized spacial score (nSPS) is 28.5. The molecule has 0 radical (unpaired) electrons. The van der Waals surface area contributed by atoms with Crippen molar-refractivity contribution >= 4 is 5.69 Å². The van der Waals surface area contributed by atoms with Crippen LogP contribution >= 0.6 is 0 Å². The lowest BCUT2D eigenvalue weighted by atomic mass is 10.1. The van der Waals surface area contributed by atoms with Crippen LogP contribution in [0, 0.1) is 11.6 Å². The Bertz CT molecular complexity index is 449. The van der Waals surface area contributed by atoms with E-state index in [1.54, 1.807) is 12.1 Å². The molecule has 1 aromatic carbocycles. The third-order valence-electron chi connectivity index (χ3n) is 4.18. The van der Waals surface area contributed by atoms with E-state index >= 15 is 0 Å². The first kappa shape index (κ1) is 11.9. The molecule has 2 nitrogen and oxygen atoms in total. The maximum atomic E-state index is 13.9. The van der Waals surface area contributed by atoms with Gasteiger partial charge in [-0.25, -0.2) is 8.78 Å². The second-order valence-corrected chi connectivity index (χ2v) is 5.37. The van der Waals surface area contributed by atoms with Crippen LogP contribution in [-0.2, 0) is 0 Å². The average molecular weight is 252 g/mol. The van der Waals surface area contributed by atoms with Crippen LogP contribution in [0.1, 0.15) is 19.8 Å². The van der Waals surface area contributed by atoms with Crippen LogP contribution in [-0.4, -0.2) is 36.6 Å². The molecular weight excluding hydrogens is 234 g/mol. The first-order valence-electron chi connectivity index (χ1n) is 6.61. The van der Waals surface area contributed by atoms with Gasteiger partial charge in [-0.1, -0.05) is 6.07 Å². The van der Waals surface area contributed by atoms with Gasteiger partial charge in [0.1, 0.15) is 0 Å². The highest BCUT2D eigenvalue weighted by molar-refractivity contribution is 5.50. The van der Waals surface area contributed by atoms with E-state index in [1.807, 2.05) is 4.90 Å². The molecule has 4 heteroatoms. The molecule has 98 valence electrons. The highest BCUT2D eigenvalue weighted by atomic mass is 19.2. The van der Waals surface area contributed by atoms with Crippen LogP contribution in [0.3, 0.4) is 0 Å². The molecule has 2 aliphatic heterocycles. The monoisotopic (exact) mass is 252 g/mol. The Balaban J connectivity index is 1.89. The van der Waals surface area contributed by atoms with Crippen molar-refractivity contribution in [1.82, 2.24) is 4.90 Å². The Labute approximate surface area is 106 Å². The van der Waals surface area contributed by atoms with Crippen LogP contribution < -0.4 is 4.90 Å².